The Labute approximate surface area is 113 Å². The van der Waals surface area contributed by atoms with Crippen LogP contribution in [0.2, 0.25) is 0 Å². The number of ether oxygens (including phenoxy) is 1. The lowest BCUT2D eigenvalue weighted by molar-refractivity contribution is -0.137. The molecule has 1 saturated carbocycles. The molecule has 20 heavy (non-hydrogen) atoms. The number of nitrogens with one attached hydrogen (secondary N) is 1. The fourth-order valence-corrected chi connectivity index (χ4v) is 2.29. The lowest BCUT2D eigenvalue weighted by Gasteiger charge is -2.15. The topological polar surface area (TPSA) is 58.6 Å². The van der Waals surface area contributed by atoms with Crippen molar-refractivity contribution in [1.29, 1.82) is 0 Å². The van der Waals surface area contributed by atoms with E-state index in [4.69, 9.17) is 9.84 Å². The molecule has 0 aliphatic heterocycles. The van der Waals surface area contributed by atoms with E-state index in [1.54, 1.807) is 0 Å². The van der Waals surface area contributed by atoms with Gasteiger partial charge in [-0.25, -0.2) is 4.79 Å². The van der Waals surface area contributed by atoms with Crippen molar-refractivity contribution in [1.82, 2.24) is 5.32 Å². The van der Waals surface area contributed by atoms with Crippen LogP contribution >= 0.6 is 0 Å². The number of halogens is 3. The molecular formula is C13H14F3NO3. The summed E-state index contributed by atoms with van der Waals surface area (Å²) in [5.74, 6) is 0.154. The summed E-state index contributed by atoms with van der Waals surface area (Å²) in [6, 6.07) is 4.49. The van der Waals surface area contributed by atoms with E-state index in [-0.39, 0.29) is 17.9 Å². The summed E-state index contributed by atoms with van der Waals surface area (Å²) in [5, 5.41) is 10.9. The molecule has 1 aromatic carbocycles. The Bertz CT molecular complexity index is 490. The van der Waals surface area contributed by atoms with E-state index >= 15 is 0 Å². The van der Waals surface area contributed by atoms with E-state index in [9.17, 15) is 18.0 Å². The molecular weight excluding hydrogens is 275 g/mol. The zero-order chi connectivity index (χ0) is 14.8. The molecule has 110 valence electrons. The summed E-state index contributed by atoms with van der Waals surface area (Å²) in [5.41, 5.74) is -0.756. The number of hydrogen-bond donors (Lipinski definition) is 2. The van der Waals surface area contributed by atoms with Gasteiger partial charge >= 0.3 is 12.3 Å². The molecule has 2 atom stereocenters. The van der Waals surface area contributed by atoms with Crippen LogP contribution in [0.5, 0.6) is 5.75 Å². The number of rotatable bonds is 3. The third kappa shape index (κ3) is 3.79. The molecule has 1 aromatic rings. The first-order valence-electron chi connectivity index (χ1n) is 6.18. The van der Waals surface area contributed by atoms with Gasteiger partial charge in [-0.05, 0) is 31.0 Å². The molecule has 0 bridgehead atoms. The van der Waals surface area contributed by atoms with Crippen LogP contribution < -0.4 is 10.1 Å². The molecule has 1 aliphatic rings. The molecule has 0 spiro atoms. The quantitative estimate of drug-likeness (QED) is 0.897. The van der Waals surface area contributed by atoms with Crippen LogP contribution in [0.25, 0.3) is 0 Å². The van der Waals surface area contributed by atoms with Gasteiger partial charge in [0.15, 0.2) is 0 Å². The van der Waals surface area contributed by atoms with Crippen LogP contribution in [-0.4, -0.2) is 23.3 Å². The maximum atomic E-state index is 12.6. The predicted octanol–water partition coefficient (Wildman–Crippen LogP) is 3.27. The first-order valence-corrected chi connectivity index (χ1v) is 6.18. The van der Waals surface area contributed by atoms with Crippen LogP contribution in [0.15, 0.2) is 24.3 Å². The highest BCUT2D eigenvalue weighted by Crippen LogP contribution is 2.32. The number of hydrogen-bond acceptors (Lipinski definition) is 2. The van der Waals surface area contributed by atoms with Crippen molar-refractivity contribution in [2.75, 3.05) is 0 Å². The van der Waals surface area contributed by atoms with Crippen molar-refractivity contribution in [2.45, 2.75) is 37.6 Å². The first kappa shape index (κ1) is 14.5. The van der Waals surface area contributed by atoms with Gasteiger partial charge in [0, 0.05) is 12.5 Å². The number of alkyl halides is 3. The normalized spacial score (nSPS) is 22.6. The van der Waals surface area contributed by atoms with Crippen molar-refractivity contribution in [3.05, 3.63) is 29.8 Å². The van der Waals surface area contributed by atoms with Crippen molar-refractivity contribution in [3.8, 4) is 5.75 Å². The lowest BCUT2D eigenvalue weighted by atomic mass is 10.2. The summed E-state index contributed by atoms with van der Waals surface area (Å²) in [4.78, 5) is 10.5. The number of amides is 1. The van der Waals surface area contributed by atoms with Gasteiger partial charge in [-0.1, -0.05) is 6.07 Å². The van der Waals surface area contributed by atoms with Crippen molar-refractivity contribution < 1.29 is 27.8 Å². The van der Waals surface area contributed by atoms with Crippen LogP contribution in [0, 0.1) is 0 Å². The Kier molecular flexibility index (Phi) is 4.06. The van der Waals surface area contributed by atoms with E-state index in [2.05, 4.69) is 5.32 Å². The molecule has 2 rings (SSSR count). The molecule has 4 nitrogen and oxygen atoms in total. The van der Waals surface area contributed by atoms with Crippen molar-refractivity contribution >= 4 is 6.09 Å². The van der Waals surface area contributed by atoms with Gasteiger partial charge in [-0.2, -0.15) is 13.2 Å². The third-order valence-corrected chi connectivity index (χ3v) is 3.18. The fourth-order valence-electron chi connectivity index (χ4n) is 2.29. The predicted molar refractivity (Wildman–Crippen MR) is 64.7 cm³/mol. The average Bonchev–Trinajstić information content (AvgIpc) is 2.75. The molecule has 0 saturated heterocycles. The smallest absolute Gasteiger partial charge is 0.416 e. The highest BCUT2D eigenvalue weighted by atomic mass is 19.4. The van der Waals surface area contributed by atoms with Gasteiger partial charge < -0.3 is 15.2 Å². The Morgan fingerprint density at radius 3 is 2.75 bits per heavy atom. The molecule has 0 aromatic heterocycles. The number of carboxylic acid groups (broad SMARTS) is 1. The Hall–Kier alpha value is -1.92. The lowest BCUT2D eigenvalue weighted by Crippen LogP contribution is -2.32. The zero-order valence-corrected chi connectivity index (χ0v) is 10.5. The van der Waals surface area contributed by atoms with E-state index in [0.29, 0.717) is 19.3 Å². The minimum atomic E-state index is -4.40. The molecule has 0 heterocycles. The standard InChI is InChI=1S/C13H14F3NO3/c14-13(15,16)8-2-1-3-10(6-8)20-11-5-4-9(7-11)17-12(18)19/h1-3,6,9,11,17H,4-5,7H2,(H,18,19)/t9-,11-/m1/s1. The summed E-state index contributed by atoms with van der Waals surface area (Å²) >= 11 is 0. The molecule has 7 heteroatoms. The van der Waals surface area contributed by atoms with Crippen molar-refractivity contribution in [3.63, 3.8) is 0 Å². The summed E-state index contributed by atoms with van der Waals surface area (Å²) < 4.78 is 43.2. The SMILES string of the molecule is O=C(O)N[C@@H]1CC[C@@H](Oc2cccc(C(F)(F)F)c2)C1. The molecule has 0 radical (unpaired) electrons. The fraction of sp³-hybridized carbons (Fsp3) is 0.462. The molecule has 1 aliphatic carbocycles. The van der Waals surface area contributed by atoms with Gasteiger partial charge in [0.2, 0.25) is 0 Å². The Morgan fingerprint density at radius 1 is 1.35 bits per heavy atom. The van der Waals surface area contributed by atoms with Crippen LogP contribution in [0.1, 0.15) is 24.8 Å². The number of carbonyl (C=O) groups is 1. The minimum Gasteiger partial charge on any atom is -0.490 e. The third-order valence-electron chi connectivity index (χ3n) is 3.18. The van der Waals surface area contributed by atoms with Gasteiger partial charge in [-0.15, -0.1) is 0 Å². The molecule has 0 unspecified atom stereocenters. The molecule has 2 N–H and O–H groups in total. The van der Waals surface area contributed by atoms with Gasteiger partial charge in [0.25, 0.3) is 0 Å². The van der Waals surface area contributed by atoms with Crippen molar-refractivity contribution in [2.24, 2.45) is 0 Å². The highest BCUT2D eigenvalue weighted by Gasteiger charge is 2.31. The molecule has 1 fully saturated rings. The van der Waals surface area contributed by atoms with Crippen LogP contribution in [0.3, 0.4) is 0 Å². The second-order valence-corrected chi connectivity index (χ2v) is 4.72. The highest BCUT2D eigenvalue weighted by molar-refractivity contribution is 5.64. The summed E-state index contributed by atoms with van der Waals surface area (Å²) in [6.07, 6.45) is -4.08. The minimum absolute atomic E-state index is 0.154. The Balaban J connectivity index is 1.96. The van der Waals surface area contributed by atoms with Crippen LogP contribution in [0.4, 0.5) is 18.0 Å². The largest absolute Gasteiger partial charge is 0.490 e. The van der Waals surface area contributed by atoms with Crippen LogP contribution in [-0.2, 0) is 6.18 Å². The monoisotopic (exact) mass is 289 g/mol. The van der Waals surface area contributed by atoms with E-state index in [0.717, 1.165) is 12.1 Å². The Morgan fingerprint density at radius 2 is 2.10 bits per heavy atom. The second-order valence-electron chi connectivity index (χ2n) is 4.72. The van der Waals surface area contributed by atoms with Gasteiger partial charge in [0.05, 0.1) is 5.56 Å². The van der Waals surface area contributed by atoms with E-state index in [1.807, 2.05) is 0 Å². The maximum Gasteiger partial charge on any atom is 0.416 e. The second kappa shape index (κ2) is 5.60. The maximum absolute atomic E-state index is 12.6. The average molecular weight is 289 g/mol. The van der Waals surface area contributed by atoms with Gasteiger partial charge in [0.1, 0.15) is 11.9 Å². The first-order chi connectivity index (χ1) is 9.34. The summed E-state index contributed by atoms with van der Waals surface area (Å²) in [7, 11) is 0. The molecule has 1 amide bonds. The van der Waals surface area contributed by atoms with E-state index in [1.165, 1.54) is 12.1 Å². The zero-order valence-electron chi connectivity index (χ0n) is 10.5. The summed E-state index contributed by atoms with van der Waals surface area (Å²) in [6.45, 7) is 0. The number of benzene rings is 1. The van der Waals surface area contributed by atoms with Gasteiger partial charge in [-0.3, -0.25) is 0 Å². The van der Waals surface area contributed by atoms with E-state index < -0.39 is 17.8 Å².